The molecule has 0 spiro atoms. The molecule has 3 nitrogen and oxygen atoms in total. The highest BCUT2D eigenvalue weighted by atomic mass is 16.5. The number of benzene rings is 1. The van der Waals surface area contributed by atoms with E-state index in [-0.39, 0.29) is 6.04 Å². The van der Waals surface area contributed by atoms with Gasteiger partial charge in [-0.25, -0.2) is 0 Å². The Hall–Kier alpha value is -1.87. The van der Waals surface area contributed by atoms with Crippen LogP contribution in [0.15, 0.2) is 48.8 Å². The lowest BCUT2D eigenvalue weighted by atomic mass is 9.99. The Morgan fingerprint density at radius 2 is 1.89 bits per heavy atom. The van der Waals surface area contributed by atoms with E-state index in [2.05, 4.69) is 29.4 Å². The molecular weight excluding hydrogens is 236 g/mol. The summed E-state index contributed by atoms with van der Waals surface area (Å²) in [7, 11) is 0. The fraction of sp³-hybridized carbons (Fsp3) is 0.312. The van der Waals surface area contributed by atoms with E-state index in [0.717, 1.165) is 12.3 Å². The van der Waals surface area contributed by atoms with Crippen LogP contribution in [-0.4, -0.2) is 18.1 Å². The van der Waals surface area contributed by atoms with Gasteiger partial charge in [-0.2, -0.15) is 0 Å². The van der Waals surface area contributed by atoms with Gasteiger partial charge >= 0.3 is 0 Å². The van der Waals surface area contributed by atoms with E-state index in [4.69, 9.17) is 4.74 Å². The van der Waals surface area contributed by atoms with E-state index < -0.39 is 0 Å². The van der Waals surface area contributed by atoms with Gasteiger partial charge in [0.25, 0.3) is 0 Å². The molecule has 1 aromatic heterocycles. The van der Waals surface area contributed by atoms with Crippen LogP contribution >= 0.6 is 0 Å². The number of pyridine rings is 1. The first kappa shape index (κ1) is 13.6. The fourth-order valence-corrected chi connectivity index (χ4v) is 2.14. The van der Waals surface area contributed by atoms with Crippen molar-refractivity contribution in [2.45, 2.75) is 19.9 Å². The molecule has 0 aliphatic rings. The molecule has 1 aromatic carbocycles. The summed E-state index contributed by atoms with van der Waals surface area (Å²) in [5.41, 5.74) is 2.42. The third-order valence-electron chi connectivity index (χ3n) is 2.95. The van der Waals surface area contributed by atoms with Gasteiger partial charge in [0.1, 0.15) is 5.75 Å². The van der Waals surface area contributed by atoms with Crippen LogP contribution in [0, 0.1) is 0 Å². The standard InChI is InChI=1S/C16H20N2O/c1-3-18-16(13-8-10-17-11-9-13)14-6-5-7-15(12-14)19-4-2/h5-12,16,18H,3-4H2,1-2H3. The summed E-state index contributed by atoms with van der Waals surface area (Å²) in [5.74, 6) is 0.914. The second-order valence-electron chi connectivity index (χ2n) is 4.28. The van der Waals surface area contributed by atoms with Gasteiger partial charge in [-0.3, -0.25) is 4.98 Å². The third kappa shape index (κ3) is 3.55. The molecule has 0 fully saturated rings. The first-order valence-corrected chi connectivity index (χ1v) is 6.71. The SMILES string of the molecule is CCNC(c1ccncc1)c1cccc(OCC)c1. The van der Waals surface area contributed by atoms with Gasteiger partial charge < -0.3 is 10.1 Å². The summed E-state index contributed by atoms with van der Waals surface area (Å²) in [6.07, 6.45) is 3.65. The molecule has 1 heterocycles. The molecule has 1 atom stereocenters. The molecule has 1 N–H and O–H groups in total. The summed E-state index contributed by atoms with van der Waals surface area (Å²) in [6, 6.07) is 12.5. The maximum Gasteiger partial charge on any atom is 0.119 e. The van der Waals surface area contributed by atoms with Gasteiger partial charge in [0.15, 0.2) is 0 Å². The van der Waals surface area contributed by atoms with Crippen LogP contribution in [0.5, 0.6) is 5.75 Å². The van der Waals surface area contributed by atoms with E-state index in [1.54, 1.807) is 0 Å². The first-order valence-electron chi connectivity index (χ1n) is 6.71. The minimum absolute atomic E-state index is 0.174. The topological polar surface area (TPSA) is 34.2 Å². The van der Waals surface area contributed by atoms with Crippen LogP contribution in [0.1, 0.15) is 31.0 Å². The highest BCUT2D eigenvalue weighted by Gasteiger charge is 2.13. The van der Waals surface area contributed by atoms with Crippen LogP contribution in [0.2, 0.25) is 0 Å². The fourth-order valence-electron chi connectivity index (χ4n) is 2.14. The van der Waals surface area contributed by atoms with Crippen LogP contribution < -0.4 is 10.1 Å². The van der Waals surface area contributed by atoms with Crippen molar-refractivity contribution in [3.05, 3.63) is 59.9 Å². The molecule has 3 heteroatoms. The van der Waals surface area contributed by atoms with E-state index >= 15 is 0 Å². The highest BCUT2D eigenvalue weighted by Crippen LogP contribution is 2.24. The average Bonchev–Trinajstić information content (AvgIpc) is 2.46. The molecule has 2 rings (SSSR count). The Labute approximate surface area is 114 Å². The Morgan fingerprint density at radius 3 is 2.58 bits per heavy atom. The Balaban J connectivity index is 2.31. The van der Waals surface area contributed by atoms with Crippen LogP contribution in [0.3, 0.4) is 0 Å². The number of nitrogens with zero attached hydrogens (tertiary/aromatic N) is 1. The van der Waals surface area contributed by atoms with Crippen molar-refractivity contribution in [3.63, 3.8) is 0 Å². The summed E-state index contributed by atoms with van der Waals surface area (Å²) < 4.78 is 5.57. The zero-order valence-corrected chi connectivity index (χ0v) is 11.5. The van der Waals surface area contributed by atoms with E-state index in [1.807, 2.05) is 43.6 Å². The molecule has 1 unspecified atom stereocenters. The maximum absolute atomic E-state index is 5.57. The molecule has 0 amide bonds. The van der Waals surface area contributed by atoms with Crippen molar-refractivity contribution in [2.75, 3.05) is 13.2 Å². The molecule has 0 aliphatic carbocycles. The van der Waals surface area contributed by atoms with Gasteiger partial charge in [0, 0.05) is 12.4 Å². The number of aromatic nitrogens is 1. The van der Waals surface area contributed by atoms with Crippen LogP contribution in [0.4, 0.5) is 0 Å². The van der Waals surface area contributed by atoms with Crippen LogP contribution in [-0.2, 0) is 0 Å². The molecular formula is C16H20N2O. The molecule has 0 bridgehead atoms. The van der Waals surface area contributed by atoms with Gasteiger partial charge in [-0.15, -0.1) is 0 Å². The molecule has 19 heavy (non-hydrogen) atoms. The predicted molar refractivity (Wildman–Crippen MR) is 77.4 cm³/mol. The molecule has 0 saturated heterocycles. The second-order valence-corrected chi connectivity index (χ2v) is 4.28. The van der Waals surface area contributed by atoms with Crippen molar-refractivity contribution >= 4 is 0 Å². The lowest BCUT2D eigenvalue weighted by Gasteiger charge is -2.19. The predicted octanol–water partition coefficient (Wildman–Crippen LogP) is 3.18. The summed E-state index contributed by atoms with van der Waals surface area (Å²) in [4.78, 5) is 4.08. The Bertz CT molecular complexity index is 499. The monoisotopic (exact) mass is 256 g/mol. The number of rotatable bonds is 6. The lowest BCUT2D eigenvalue weighted by Crippen LogP contribution is -2.22. The Kier molecular flexibility index (Phi) is 4.93. The maximum atomic E-state index is 5.57. The smallest absolute Gasteiger partial charge is 0.119 e. The third-order valence-corrected chi connectivity index (χ3v) is 2.95. The van der Waals surface area contributed by atoms with Crippen molar-refractivity contribution in [1.29, 1.82) is 0 Å². The lowest BCUT2D eigenvalue weighted by molar-refractivity contribution is 0.339. The minimum atomic E-state index is 0.174. The summed E-state index contributed by atoms with van der Waals surface area (Å²) in [6.45, 7) is 5.70. The van der Waals surface area contributed by atoms with Gasteiger partial charge in [-0.1, -0.05) is 19.1 Å². The van der Waals surface area contributed by atoms with Crippen molar-refractivity contribution in [3.8, 4) is 5.75 Å². The number of hydrogen-bond acceptors (Lipinski definition) is 3. The average molecular weight is 256 g/mol. The van der Waals surface area contributed by atoms with E-state index in [9.17, 15) is 0 Å². The number of hydrogen-bond donors (Lipinski definition) is 1. The molecule has 2 aromatic rings. The Morgan fingerprint density at radius 1 is 1.11 bits per heavy atom. The summed E-state index contributed by atoms with van der Waals surface area (Å²) >= 11 is 0. The van der Waals surface area contributed by atoms with Gasteiger partial charge in [-0.05, 0) is 48.9 Å². The number of nitrogens with one attached hydrogen (secondary N) is 1. The van der Waals surface area contributed by atoms with E-state index in [1.165, 1.54) is 11.1 Å². The van der Waals surface area contributed by atoms with Crippen molar-refractivity contribution in [1.82, 2.24) is 10.3 Å². The highest BCUT2D eigenvalue weighted by molar-refractivity contribution is 5.36. The molecule has 0 saturated carbocycles. The molecule has 0 aliphatic heterocycles. The number of ether oxygens (including phenoxy) is 1. The molecule has 0 radical (unpaired) electrons. The summed E-state index contributed by atoms with van der Waals surface area (Å²) in [5, 5.41) is 3.50. The zero-order chi connectivity index (χ0) is 13.5. The van der Waals surface area contributed by atoms with Gasteiger partial charge in [0.05, 0.1) is 12.6 Å². The minimum Gasteiger partial charge on any atom is -0.494 e. The first-order chi connectivity index (χ1) is 9.35. The normalized spacial score (nSPS) is 12.1. The van der Waals surface area contributed by atoms with Gasteiger partial charge in [0.2, 0.25) is 0 Å². The van der Waals surface area contributed by atoms with E-state index in [0.29, 0.717) is 6.61 Å². The quantitative estimate of drug-likeness (QED) is 0.862. The van der Waals surface area contributed by atoms with Crippen molar-refractivity contribution < 1.29 is 4.74 Å². The zero-order valence-electron chi connectivity index (χ0n) is 11.5. The van der Waals surface area contributed by atoms with Crippen molar-refractivity contribution in [2.24, 2.45) is 0 Å². The largest absolute Gasteiger partial charge is 0.494 e. The second kappa shape index (κ2) is 6.90. The molecule has 100 valence electrons. The van der Waals surface area contributed by atoms with Crippen LogP contribution in [0.25, 0.3) is 0 Å².